The van der Waals surface area contributed by atoms with Crippen LogP contribution in [0.4, 0.5) is 22.0 Å². The molecule has 0 aliphatic rings. The van der Waals surface area contributed by atoms with Crippen LogP contribution >= 0.6 is 15.9 Å². The summed E-state index contributed by atoms with van der Waals surface area (Å²) in [5, 5.41) is 9.83. The lowest BCUT2D eigenvalue weighted by atomic mass is 10.00. The Kier molecular flexibility index (Phi) is 4.63. The molecule has 7 heteroatoms. The molecule has 0 bridgehead atoms. The van der Waals surface area contributed by atoms with E-state index in [1.165, 1.54) is 0 Å². The highest BCUT2D eigenvalue weighted by Crippen LogP contribution is 2.28. The molecule has 0 radical (unpaired) electrons. The van der Waals surface area contributed by atoms with Crippen LogP contribution in [0.3, 0.4) is 0 Å². The third-order valence-electron chi connectivity index (χ3n) is 2.93. The molecule has 1 nitrogen and oxygen atoms in total. The number of aliphatic hydroxyl groups excluding tert-OH is 1. The van der Waals surface area contributed by atoms with E-state index in [9.17, 15) is 27.1 Å². The van der Waals surface area contributed by atoms with E-state index in [4.69, 9.17) is 0 Å². The van der Waals surface area contributed by atoms with E-state index >= 15 is 0 Å². The molecule has 1 N–H and O–H groups in total. The molecule has 0 spiro atoms. The summed E-state index contributed by atoms with van der Waals surface area (Å²) in [5.74, 6) is -5.85. The normalized spacial score (nSPS) is 12.5. The second-order valence-electron chi connectivity index (χ2n) is 4.33. The third kappa shape index (κ3) is 3.24. The molecule has 0 amide bonds. The van der Waals surface area contributed by atoms with Gasteiger partial charge in [0.05, 0.1) is 10.6 Å². The number of hydrogen-bond acceptors (Lipinski definition) is 1. The topological polar surface area (TPSA) is 20.2 Å². The highest BCUT2D eigenvalue weighted by Gasteiger charge is 2.21. The van der Waals surface area contributed by atoms with Crippen LogP contribution in [-0.4, -0.2) is 5.11 Å². The van der Waals surface area contributed by atoms with Gasteiger partial charge in [0.1, 0.15) is 17.5 Å². The molecule has 0 fully saturated rings. The van der Waals surface area contributed by atoms with Crippen molar-refractivity contribution in [3.05, 3.63) is 69.0 Å². The Labute approximate surface area is 125 Å². The molecule has 21 heavy (non-hydrogen) atoms. The van der Waals surface area contributed by atoms with E-state index in [0.29, 0.717) is 6.07 Å². The number of rotatable bonds is 3. The number of hydrogen-bond donors (Lipinski definition) is 1. The van der Waals surface area contributed by atoms with Gasteiger partial charge in [-0.3, -0.25) is 0 Å². The first-order valence-corrected chi connectivity index (χ1v) is 6.55. The zero-order valence-electron chi connectivity index (χ0n) is 10.3. The van der Waals surface area contributed by atoms with E-state index in [2.05, 4.69) is 15.9 Å². The van der Waals surface area contributed by atoms with E-state index in [1.54, 1.807) is 0 Å². The van der Waals surface area contributed by atoms with Crippen LogP contribution in [0.15, 0.2) is 28.7 Å². The van der Waals surface area contributed by atoms with Crippen LogP contribution in [0, 0.1) is 29.1 Å². The average molecular weight is 367 g/mol. The van der Waals surface area contributed by atoms with Gasteiger partial charge in [0.25, 0.3) is 0 Å². The Bertz CT molecular complexity index is 690. The van der Waals surface area contributed by atoms with Crippen molar-refractivity contribution in [3.63, 3.8) is 0 Å². The van der Waals surface area contributed by atoms with Crippen molar-refractivity contribution < 1.29 is 27.1 Å². The molecular weight excluding hydrogens is 359 g/mol. The van der Waals surface area contributed by atoms with Crippen LogP contribution in [0.25, 0.3) is 0 Å². The van der Waals surface area contributed by atoms with Gasteiger partial charge in [-0.1, -0.05) is 0 Å². The van der Waals surface area contributed by atoms with Crippen molar-refractivity contribution in [2.75, 3.05) is 0 Å². The molecule has 112 valence electrons. The Hall–Kier alpha value is -1.47. The minimum atomic E-state index is -1.72. The van der Waals surface area contributed by atoms with Crippen molar-refractivity contribution in [3.8, 4) is 0 Å². The molecule has 2 aromatic carbocycles. The molecular formula is C14H8BrF5O. The van der Waals surface area contributed by atoms with E-state index in [0.717, 1.165) is 12.1 Å². The van der Waals surface area contributed by atoms with Gasteiger partial charge in [-0.25, -0.2) is 22.0 Å². The lowest BCUT2D eigenvalue weighted by Gasteiger charge is -2.14. The van der Waals surface area contributed by atoms with Gasteiger partial charge in [-0.2, -0.15) is 0 Å². The molecule has 1 unspecified atom stereocenters. The fourth-order valence-corrected chi connectivity index (χ4v) is 2.22. The van der Waals surface area contributed by atoms with Gasteiger partial charge in [-0.15, -0.1) is 0 Å². The lowest BCUT2D eigenvalue weighted by Crippen LogP contribution is -2.09. The minimum Gasteiger partial charge on any atom is -0.388 e. The Balaban J connectivity index is 2.37. The monoisotopic (exact) mass is 366 g/mol. The maximum Gasteiger partial charge on any atom is 0.161 e. The minimum absolute atomic E-state index is 0.0307. The number of aliphatic hydroxyl groups is 1. The highest BCUT2D eigenvalue weighted by atomic mass is 79.9. The predicted molar refractivity (Wildman–Crippen MR) is 69.0 cm³/mol. The highest BCUT2D eigenvalue weighted by molar-refractivity contribution is 9.10. The van der Waals surface area contributed by atoms with E-state index in [-0.39, 0.29) is 10.5 Å². The smallest absolute Gasteiger partial charge is 0.161 e. The summed E-state index contributed by atoms with van der Waals surface area (Å²) in [4.78, 5) is 0. The third-order valence-corrected chi connectivity index (χ3v) is 3.55. The largest absolute Gasteiger partial charge is 0.388 e. The van der Waals surface area contributed by atoms with Gasteiger partial charge >= 0.3 is 0 Å². The maximum absolute atomic E-state index is 13.8. The quantitative estimate of drug-likeness (QED) is 0.629. The second-order valence-corrected chi connectivity index (χ2v) is 5.18. The first-order valence-electron chi connectivity index (χ1n) is 5.76. The fraction of sp³-hybridized carbons (Fsp3) is 0.143. The van der Waals surface area contributed by atoms with Crippen LogP contribution < -0.4 is 0 Å². The second kappa shape index (κ2) is 6.11. The van der Waals surface area contributed by atoms with Gasteiger partial charge in [-0.05, 0) is 34.1 Å². The Morgan fingerprint density at radius 2 is 1.52 bits per heavy atom. The Morgan fingerprint density at radius 3 is 2.19 bits per heavy atom. The fourth-order valence-electron chi connectivity index (χ4n) is 1.85. The molecule has 1 atom stereocenters. The zero-order valence-corrected chi connectivity index (χ0v) is 11.9. The summed E-state index contributed by atoms with van der Waals surface area (Å²) in [6.07, 6.45) is -2.35. The van der Waals surface area contributed by atoms with Crippen molar-refractivity contribution in [2.45, 2.75) is 12.5 Å². The summed E-state index contributed by atoms with van der Waals surface area (Å²) >= 11 is 2.86. The first kappa shape index (κ1) is 15.9. The SMILES string of the molecule is OC(Cc1c(F)ccc(Br)c1F)c1cc(F)c(F)cc1F. The van der Waals surface area contributed by atoms with Crippen LogP contribution in [-0.2, 0) is 6.42 Å². The Morgan fingerprint density at radius 1 is 0.905 bits per heavy atom. The summed E-state index contributed by atoms with van der Waals surface area (Å²) in [6.45, 7) is 0. The van der Waals surface area contributed by atoms with Gasteiger partial charge < -0.3 is 5.11 Å². The summed E-state index contributed by atoms with van der Waals surface area (Å²) < 4.78 is 66.7. The summed E-state index contributed by atoms with van der Waals surface area (Å²) in [7, 11) is 0. The molecule has 0 aliphatic carbocycles. The maximum atomic E-state index is 13.8. The molecule has 0 aromatic heterocycles. The van der Waals surface area contributed by atoms with Crippen molar-refractivity contribution in [1.82, 2.24) is 0 Å². The predicted octanol–water partition coefficient (Wildman–Crippen LogP) is 4.42. The van der Waals surface area contributed by atoms with Gasteiger partial charge in [0.2, 0.25) is 0 Å². The van der Waals surface area contributed by atoms with E-state index in [1.807, 2.05) is 0 Å². The summed E-state index contributed by atoms with van der Waals surface area (Å²) in [5.41, 5.74) is -1.06. The standard InChI is InChI=1S/C14H8BrF5O/c15-8-1-2-9(16)7(14(8)20)4-13(21)6-3-11(18)12(19)5-10(6)17/h1-3,5,13,21H,4H2. The molecule has 0 saturated heterocycles. The van der Waals surface area contributed by atoms with Crippen LogP contribution in [0.1, 0.15) is 17.2 Å². The van der Waals surface area contributed by atoms with Crippen molar-refractivity contribution in [2.24, 2.45) is 0 Å². The van der Waals surface area contributed by atoms with Crippen molar-refractivity contribution in [1.29, 1.82) is 0 Å². The van der Waals surface area contributed by atoms with Crippen molar-refractivity contribution >= 4 is 15.9 Å². The average Bonchev–Trinajstić information content (AvgIpc) is 2.43. The molecule has 0 heterocycles. The lowest BCUT2D eigenvalue weighted by molar-refractivity contribution is 0.170. The number of benzene rings is 2. The van der Waals surface area contributed by atoms with Crippen LogP contribution in [0.5, 0.6) is 0 Å². The zero-order chi connectivity index (χ0) is 15.7. The van der Waals surface area contributed by atoms with E-state index < -0.39 is 52.7 Å². The molecule has 2 rings (SSSR count). The molecule has 0 aliphatic heterocycles. The molecule has 0 saturated carbocycles. The van der Waals surface area contributed by atoms with Gasteiger partial charge in [0.15, 0.2) is 11.6 Å². The molecule has 2 aromatic rings. The summed E-state index contributed by atoms with van der Waals surface area (Å²) in [6, 6.07) is 2.83. The van der Waals surface area contributed by atoms with Crippen LogP contribution in [0.2, 0.25) is 0 Å². The number of halogens is 6. The first-order chi connectivity index (χ1) is 9.81. The van der Waals surface area contributed by atoms with Gasteiger partial charge in [0, 0.05) is 23.6 Å².